The maximum atomic E-state index is 11.7. The third kappa shape index (κ3) is 3.68. The third-order valence-corrected chi connectivity index (χ3v) is 3.45. The third-order valence-electron chi connectivity index (χ3n) is 3.45. The number of ether oxygens (including phenoxy) is 1. The molecule has 0 radical (unpaired) electrons. The molecule has 2 saturated heterocycles. The van der Waals surface area contributed by atoms with Crippen molar-refractivity contribution in [3.8, 4) is 0 Å². The van der Waals surface area contributed by atoms with Gasteiger partial charge in [-0.1, -0.05) is 0 Å². The lowest BCUT2D eigenvalue weighted by Crippen LogP contribution is -2.41. The van der Waals surface area contributed by atoms with Crippen LogP contribution >= 0.6 is 0 Å². The van der Waals surface area contributed by atoms with E-state index >= 15 is 0 Å². The van der Waals surface area contributed by atoms with Gasteiger partial charge >= 0.3 is 5.97 Å². The molecule has 0 amide bonds. The van der Waals surface area contributed by atoms with Crippen molar-refractivity contribution in [2.45, 2.75) is 45.3 Å². The first-order chi connectivity index (χ1) is 7.94. The van der Waals surface area contributed by atoms with Crippen molar-refractivity contribution >= 4 is 5.97 Å². The summed E-state index contributed by atoms with van der Waals surface area (Å²) in [7, 11) is 0. The Morgan fingerprint density at radius 1 is 1.41 bits per heavy atom. The zero-order valence-electron chi connectivity index (χ0n) is 11.2. The summed E-state index contributed by atoms with van der Waals surface area (Å²) in [6, 6.07) is 0.589. The molecule has 2 unspecified atom stereocenters. The lowest BCUT2D eigenvalue weighted by molar-refractivity contribution is -0.155. The Kier molecular flexibility index (Phi) is 3.73. The van der Waals surface area contributed by atoms with E-state index in [1.807, 2.05) is 20.8 Å². The van der Waals surface area contributed by atoms with E-state index in [0.29, 0.717) is 12.6 Å². The van der Waals surface area contributed by atoms with Gasteiger partial charge in [-0.3, -0.25) is 9.69 Å². The number of hydrogen-bond acceptors (Lipinski definition) is 4. The molecule has 2 fully saturated rings. The van der Waals surface area contributed by atoms with Gasteiger partial charge in [0, 0.05) is 19.1 Å². The summed E-state index contributed by atoms with van der Waals surface area (Å²) in [5, 5.41) is 3.54. The van der Waals surface area contributed by atoms with Gasteiger partial charge in [-0.25, -0.2) is 0 Å². The molecule has 4 nitrogen and oxygen atoms in total. The lowest BCUT2D eigenvalue weighted by atomic mass is 9.94. The van der Waals surface area contributed by atoms with Crippen molar-refractivity contribution in [1.82, 2.24) is 10.2 Å². The molecule has 1 N–H and O–H groups in total. The SMILES string of the molecule is CC(C)(C)OC(=O)CN1CC2CCCNC2C1. The van der Waals surface area contributed by atoms with E-state index in [1.165, 1.54) is 12.8 Å². The van der Waals surface area contributed by atoms with E-state index in [2.05, 4.69) is 10.2 Å². The van der Waals surface area contributed by atoms with Crippen LogP contribution in [0.4, 0.5) is 0 Å². The fourth-order valence-electron chi connectivity index (χ4n) is 2.82. The number of nitrogens with one attached hydrogen (secondary N) is 1. The monoisotopic (exact) mass is 240 g/mol. The molecule has 0 spiro atoms. The summed E-state index contributed by atoms with van der Waals surface area (Å²) in [6.07, 6.45) is 2.56. The normalized spacial score (nSPS) is 30.1. The quantitative estimate of drug-likeness (QED) is 0.732. The topological polar surface area (TPSA) is 41.6 Å². The number of nitrogens with zero attached hydrogens (tertiary/aromatic N) is 1. The minimum absolute atomic E-state index is 0.101. The van der Waals surface area contributed by atoms with Crippen molar-refractivity contribution in [1.29, 1.82) is 0 Å². The Morgan fingerprint density at radius 2 is 2.18 bits per heavy atom. The van der Waals surface area contributed by atoms with Gasteiger partial charge in [0.1, 0.15) is 5.60 Å². The number of rotatable bonds is 2. The van der Waals surface area contributed by atoms with Crippen molar-refractivity contribution in [3.05, 3.63) is 0 Å². The highest BCUT2D eigenvalue weighted by atomic mass is 16.6. The first-order valence-corrected chi connectivity index (χ1v) is 6.61. The number of fused-ring (bicyclic) bond motifs is 1. The predicted molar refractivity (Wildman–Crippen MR) is 66.8 cm³/mol. The Labute approximate surface area is 104 Å². The average Bonchev–Trinajstić information content (AvgIpc) is 2.55. The van der Waals surface area contributed by atoms with Crippen molar-refractivity contribution in [2.75, 3.05) is 26.2 Å². The number of piperidine rings is 1. The van der Waals surface area contributed by atoms with Crippen LogP contribution in [0.3, 0.4) is 0 Å². The Balaban J connectivity index is 1.79. The molecule has 0 aliphatic carbocycles. The molecule has 2 aliphatic rings. The summed E-state index contributed by atoms with van der Waals surface area (Å²) in [5.41, 5.74) is -0.373. The fraction of sp³-hybridized carbons (Fsp3) is 0.923. The first-order valence-electron chi connectivity index (χ1n) is 6.61. The maximum absolute atomic E-state index is 11.7. The summed E-state index contributed by atoms with van der Waals surface area (Å²) in [5.74, 6) is 0.627. The van der Waals surface area contributed by atoms with Crippen LogP contribution in [0, 0.1) is 5.92 Å². The molecular formula is C13H24N2O2. The molecule has 2 heterocycles. The van der Waals surface area contributed by atoms with E-state index < -0.39 is 0 Å². The molecule has 2 aliphatic heterocycles. The van der Waals surface area contributed by atoms with Crippen LogP contribution in [-0.2, 0) is 9.53 Å². The summed E-state index contributed by atoms with van der Waals surface area (Å²) < 4.78 is 5.35. The highest BCUT2D eigenvalue weighted by molar-refractivity contribution is 5.72. The van der Waals surface area contributed by atoms with E-state index in [9.17, 15) is 4.79 Å². The van der Waals surface area contributed by atoms with Gasteiger partial charge in [0.25, 0.3) is 0 Å². The molecule has 4 heteroatoms. The van der Waals surface area contributed by atoms with Crippen LogP contribution in [0.25, 0.3) is 0 Å². The minimum Gasteiger partial charge on any atom is -0.459 e. The van der Waals surface area contributed by atoms with Crippen LogP contribution in [0.5, 0.6) is 0 Å². The molecule has 2 rings (SSSR count). The molecule has 17 heavy (non-hydrogen) atoms. The maximum Gasteiger partial charge on any atom is 0.320 e. The standard InChI is InChI=1S/C13H24N2O2/c1-13(2,3)17-12(16)9-15-7-10-5-4-6-14-11(10)8-15/h10-11,14H,4-9H2,1-3H3. The Bertz CT molecular complexity index is 272. The van der Waals surface area contributed by atoms with Gasteiger partial charge in [0.2, 0.25) is 0 Å². The largest absolute Gasteiger partial charge is 0.459 e. The average molecular weight is 240 g/mol. The second-order valence-corrected chi connectivity index (χ2v) is 6.24. The summed E-state index contributed by atoms with van der Waals surface area (Å²) >= 11 is 0. The van der Waals surface area contributed by atoms with Crippen molar-refractivity contribution < 1.29 is 9.53 Å². The van der Waals surface area contributed by atoms with Crippen LogP contribution in [0.1, 0.15) is 33.6 Å². The van der Waals surface area contributed by atoms with Crippen molar-refractivity contribution in [3.63, 3.8) is 0 Å². The zero-order valence-corrected chi connectivity index (χ0v) is 11.2. The van der Waals surface area contributed by atoms with Gasteiger partial charge < -0.3 is 10.1 Å². The highest BCUT2D eigenvalue weighted by Gasteiger charge is 2.35. The smallest absolute Gasteiger partial charge is 0.320 e. The Morgan fingerprint density at radius 3 is 2.82 bits per heavy atom. The van der Waals surface area contributed by atoms with Gasteiger partial charge in [-0.15, -0.1) is 0 Å². The number of likely N-dealkylation sites (tertiary alicyclic amines) is 1. The molecule has 0 saturated carbocycles. The molecule has 98 valence electrons. The zero-order chi connectivity index (χ0) is 12.5. The Hall–Kier alpha value is -0.610. The molecule has 0 bridgehead atoms. The van der Waals surface area contributed by atoms with Crippen LogP contribution < -0.4 is 5.32 Å². The lowest BCUT2D eigenvalue weighted by Gasteiger charge is -2.24. The van der Waals surface area contributed by atoms with Crippen LogP contribution in [0.2, 0.25) is 0 Å². The van der Waals surface area contributed by atoms with Crippen LogP contribution in [-0.4, -0.2) is 48.7 Å². The number of carbonyl (C=O) groups excluding carboxylic acids is 1. The number of carbonyl (C=O) groups is 1. The second-order valence-electron chi connectivity index (χ2n) is 6.24. The van der Waals surface area contributed by atoms with Gasteiger partial charge in [-0.05, 0) is 46.1 Å². The second kappa shape index (κ2) is 4.94. The molecule has 2 atom stereocenters. The molecule has 0 aromatic carbocycles. The van der Waals surface area contributed by atoms with Gasteiger partial charge in [0.15, 0.2) is 0 Å². The number of hydrogen-bond donors (Lipinski definition) is 1. The predicted octanol–water partition coefficient (Wildman–Crippen LogP) is 1.01. The molecular weight excluding hydrogens is 216 g/mol. The summed E-state index contributed by atoms with van der Waals surface area (Å²) in [6.45, 7) is 9.33. The highest BCUT2D eigenvalue weighted by Crippen LogP contribution is 2.24. The molecule has 0 aromatic rings. The van der Waals surface area contributed by atoms with Gasteiger partial charge in [0.05, 0.1) is 6.54 Å². The van der Waals surface area contributed by atoms with E-state index in [0.717, 1.165) is 25.6 Å². The minimum atomic E-state index is -0.373. The van der Waals surface area contributed by atoms with Gasteiger partial charge in [-0.2, -0.15) is 0 Å². The van der Waals surface area contributed by atoms with E-state index in [-0.39, 0.29) is 11.6 Å². The van der Waals surface area contributed by atoms with E-state index in [4.69, 9.17) is 4.74 Å². The fourth-order valence-corrected chi connectivity index (χ4v) is 2.82. The van der Waals surface area contributed by atoms with E-state index in [1.54, 1.807) is 0 Å². The van der Waals surface area contributed by atoms with Crippen LogP contribution in [0.15, 0.2) is 0 Å². The number of esters is 1. The summed E-state index contributed by atoms with van der Waals surface area (Å²) in [4.78, 5) is 14.0. The molecule has 0 aromatic heterocycles. The first kappa shape index (κ1) is 12.8. The van der Waals surface area contributed by atoms with Crippen molar-refractivity contribution in [2.24, 2.45) is 5.92 Å².